The molecule has 70 valence electrons. The molecule has 14 heavy (non-hydrogen) atoms. The SMILES string of the molecule is CC(=S)Oc1cccc2ccccc12. The molecule has 0 spiro atoms. The van der Waals surface area contributed by atoms with Crippen LogP contribution < -0.4 is 4.74 Å². The second kappa shape index (κ2) is 3.76. The second-order valence-electron chi connectivity index (χ2n) is 3.07. The Labute approximate surface area is 88.3 Å². The molecular weight excluding hydrogens is 192 g/mol. The molecule has 2 aromatic rings. The van der Waals surface area contributed by atoms with Crippen LogP contribution in [-0.2, 0) is 0 Å². The summed E-state index contributed by atoms with van der Waals surface area (Å²) in [5.74, 6) is 0.829. The number of hydrogen-bond donors (Lipinski definition) is 0. The molecule has 0 amide bonds. The lowest BCUT2D eigenvalue weighted by atomic mass is 10.1. The van der Waals surface area contributed by atoms with Crippen LogP contribution in [0.5, 0.6) is 5.75 Å². The van der Waals surface area contributed by atoms with Crippen LogP contribution >= 0.6 is 12.2 Å². The van der Waals surface area contributed by atoms with Gasteiger partial charge in [-0.15, -0.1) is 0 Å². The van der Waals surface area contributed by atoms with Crippen LogP contribution in [0.2, 0.25) is 0 Å². The van der Waals surface area contributed by atoms with Crippen molar-refractivity contribution in [3.05, 3.63) is 42.5 Å². The molecule has 0 aliphatic carbocycles. The van der Waals surface area contributed by atoms with Gasteiger partial charge in [0.2, 0.25) is 0 Å². The lowest BCUT2D eigenvalue weighted by Gasteiger charge is -2.06. The Hall–Kier alpha value is -1.41. The van der Waals surface area contributed by atoms with E-state index in [1.165, 1.54) is 5.39 Å². The molecule has 2 aromatic carbocycles. The standard InChI is InChI=1S/C12H10OS/c1-9(14)13-12-8-4-6-10-5-2-3-7-11(10)12/h2-8H,1H3. The molecule has 1 nitrogen and oxygen atoms in total. The van der Waals surface area contributed by atoms with Gasteiger partial charge in [0.1, 0.15) is 5.75 Å². The van der Waals surface area contributed by atoms with Crippen molar-refractivity contribution in [1.29, 1.82) is 0 Å². The summed E-state index contributed by atoms with van der Waals surface area (Å²) >= 11 is 4.92. The van der Waals surface area contributed by atoms with E-state index < -0.39 is 0 Å². The first-order valence-corrected chi connectivity index (χ1v) is 4.84. The van der Waals surface area contributed by atoms with Gasteiger partial charge >= 0.3 is 0 Å². The van der Waals surface area contributed by atoms with E-state index in [0.717, 1.165) is 11.1 Å². The average molecular weight is 202 g/mol. The molecule has 2 heteroatoms. The van der Waals surface area contributed by atoms with Gasteiger partial charge in [0.15, 0.2) is 5.05 Å². The zero-order valence-electron chi connectivity index (χ0n) is 7.86. The molecule has 0 aliphatic heterocycles. The molecule has 0 radical (unpaired) electrons. The van der Waals surface area contributed by atoms with E-state index in [4.69, 9.17) is 17.0 Å². The summed E-state index contributed by atoms with van der Waals surface area (Å²) < 4.78 is 5.46. The number of rotatable bonds is 1. The van der Waals surface area contributed by atoms with Gasteiger partial charge in [0, 0.05) is 12.3 Å². The van der Waals surface area contributed by atoms with Gasteiger partial charge in [-0.25, -0.2) is 0 Å². The van der Waals surface area contributed by atoms with Crippen molar-refractivity contribution in [3.8, 4) is 5.75 Å². The largest absolute Gasteiger partial charge is 0.450 e. The van der Waals surface area contributed by atoms with E-state index in [2.05, 4.69) is 12.1 Å². The lowest BCUT2D eigenvalue weighted by Crippen LogP contribution is -1.98. The van der Waals surface area contributed by atoms with Gasteiger partial charge in [-0.3, -0.25) is 0 Å². The molecule has 0 bridgehead atoms. The number of hydrogen-bond acceptors (Lipinski definition) is 2. The molecule has 0 heterocycles. The van der Waals surface area contributed by atoms with Gasteiger partial charge in [0.25, 0.3) is 0 Å². The first-order chi connectivity index (χ1) is 6.77. The lowest BCUT2D eigenvalue weighted by molar-refractivity contribution is 0.568. The minimum absolute atomic E-state index is 0.543. The summed E-state index contributed by atoms with van der Waals surface area (Å²) in [5.41, 5.74) is 0. The average Bonchev–Trinajstić information content (AvgIpc) is 2.18. The third kappa shape index (κ3) is 1.75. The Balaban J connectivity index is 2.59. The highest BCUT2D eigenvalue weighted by atomic mass is 32.1. The van der Waals surface area contributed by atoms with Crippen molar-refractivity contribution in [2.24, 2.45) is 0 Å². The van der Waals surface area contributed by atoms with Crippen LogP contribution in [0, 0.1) is 0 Å². The van der Waals surface area contributed by atoms with Crippen molar-refractivity contribution in [2.45, 2.75) is 6.92 Å². The Morgan fingerprint density at radius 1 is 1.07 bits per heavy atom. The van der Waals surface area contributed by atoms with Crippen LogP contribution in [-0.4, -0.2) is 5.05 Å². The van der Waals surface area contributed by atoms with Gasteiger partial charge in [-0.2, -0.15) is 0 Å². The zero-order chi connectivity index (χ0) is 9.97. The van der Waals surface area contributed by atoms with E-state index in [9.17, 15) is 0 Å². The molecule has 0 fully saturated rings. The number of fused-ring (bicyclic) bond motifs is 1. The van der Waals surface area contributed by atoms with Gasteiger partial charge < -0.3 is 4.74 Å². The molecule has 0 N–H and O–H groups in total. The molecule has 2 rings (SSSR count). The van der Waals surface area contributed by atoms with Gasteiger partial charge in [-0.1, -0.05) is 36.4 Å². The highest BCUT2D eigenvalue weighted by Crippen LogP contribution is 2.25. The fraction of sp³-hybridized carbons (Fsp3) is 0.0833. The van der Waals surface area contributed by atoms with Gasteiger partial charge in [-0.05, 0) is 23.7 Å². The number of thiocarbonyl (C=S) groups is 1. The molecule has 0 saturated heterocycles. The minimum Gasteiger partial charge on any atom is -0.450 e. The first-order valence-electron chi connectivity index (χ1n) is 4.43. The summed E-state index contributed by atoms with van der Waals surface area (Å²) in [7, 11) is 0. The number of ether oxygens (including phenoxy) is 1. The molecule has 0 saturated carbocycles. The predicted molar refractivity (Wildman–Crippen MR) is 62.8 cm³/mol. The van der Waals surface area contributed by atoms with E-state index >= 15 is 0 Å². The molecular formula is C12H10OS. The summed E-state index contributed by atoms with van der Waals surface area (Å²) in [4.78, 5) is 0. The summed E-state index contributed by atoms with van der Waals surface area (Å²) in [6.45, 7) is 1.77. The molecule has 0 aromatic heterocycles. The fourth-order valence-electron chi connectivity index (χ4n) is 1.44. The Morgan fingerprint density at radius 2 is 1.79 bits per heavy atom. The van der Waals surface area contributed by atoms with Crippen molar-refractivity contribution in [2.75, 3.05) is 0 Å². The Morgan fingerprint density at radius 3 is 2.57 bits per heavy atom. The van der Waals surface area contributed by atoms with Crippen molar-refractivity contribution >= 4 is 28.0 Å². The Bertz CT molecular complexity index is 471. The fourth-order valence-corrected chi connectivity index (χ4v) is 1.53. The first kappa shape index (κ1) is 9.16. The van der Waals surface area contributed by atoms with E-state index in [0.29, 0.717) is 5.05 Å². The minimum atomic E-state index is 0.543. The maximum absolute atomic E-state index is 5.46. The summed E-state index contributed by atoms with van der Waals surface area (Å²) in [6.07, 6.45) is 0. The maximum atomic E-state index is 5.46. The smallest absolute Gasteiger partial charge is 0.164 e. The van der Waals surface area contributed by atoms with Gasteiger partial charge in [0.05, 0.1) is 0 Å². The quantitative estimate of drug-likeness (QED) is 0.654. The van der Waals surface area contributed by atoms with Crippen LogP contribution in [0.25, 0.3) is 10.8 Å². The van der Waals surface area contributed by atoms with Crippen molar-refractivity contribution in [1.82, 2.24) is 0 Å². The normalized spacial score (nSPS) is 10.1. The van der Waals surface area contributed by atoms with E-state index in [1.54, 1.807) is 6.92 Å². The third-order valence-electron chi connectivity index (χ3n) is 2.00. The Kier molecular flexibility index (Phi) is 2.46. The third-order valence-corrected chi connectivity index (χ3v) is 2.09. The molecule has 0 atom stereocenters. The molecule has 0 unspecified atom stereocenters. The van der Waals surface area contributed by atoms with Crippen LogP contribution in [0.4, 0.5) is 0 Å². The highest BCUT2D eigenvalue weighted by Gasteiger charge is 2.00. The topological polar surface area (TPSA) is 9.23 Å². The number of benzene rings is 2. The second-order valence-corrected chi connectivity index (χ2v) is 3.65. The maximum Gasteiger partial charge on any atom is 0.164 e. The predicted octanol–water partition coefficient (Wildman–Crippen LogP) is 3.57. The summed E-state index contributed by atoms with van der Waals surface area (Å²) in [5, 5.41) is 2.81. The van der Waals surface area contributed by atoms with Crippen molar-refractivity contribution < 1.29 is 4.74 Å². The molecule has 0 aliphatic rings. The van der Waals surface area contributed by atoms with Crippen molar-refractivity contribution in [3.63, 3.8) is 0 Å². The summed E-state index contributed by atoms with van der Waals surface area (Å²) in [6, 6.07) is 14.0. The highest BCUT2D eigenvalue weighted by molar-refractivity contribution is 7.80. The van der Waals surface area contributed by atoms with Crippen LogP contribution in [0.3, 0.4) is 0 Å². The van der Waals surface area contributed by atoms with Crippen LogP contribution in [0.15, 0.2) is 42.5 Å². The monoisotopic (exact) mass is 202 g/mol. The van der Waals surface area contributed by atoms with E-state index in [-0.39, 0.29) is 0 Å². The zero-order valence-corrected chi connectivity index (χ0v) is 8.67. The van der Waals surface area contributed by atoms with Crippen LogP contribution in [0.1, 0.15) is 6.92 Å². The van der Waals surface area contributed by atoms with E-state index in [1.807, 2.05) is 30.3 Å².